The number of rotatable bonds is 2. The van der Waals surface area contributed by atoms with Gasteiger partial charge >= 0.3 is 0 Å². The van der Waals surface area contributed by atoms with Gasteiger partial charge in [0.25, 0.3) is 0 Å². The quantitative estimate of drug-likeness (QED) is 0.616. The van der Waals surface area contributed by atoms with Crippen molar-refractivity contribution in [1.82, 2.24) is 0 Å². The van der Waals surface area contributed by atoms with E-state index in [-0.39, 0.29) is 18.1 Å². The second-order valence-electron chi connectivity index (χ2n) is 2.33. The molecule has 0 spiro atoms. The highest BCUT2D eigenvalue weighted by atomic mass is 16.3. The zero-order chi connectivity index (χ0) is 8.97. The summed E-state index contributed by atoms with van der Waals surface area (Å²) in [5.74, 6) is 0.0216. The number of aliphatic hydroxyl groups is 1. The molecule has 0 saturated carbocycles. The molecule has 0 amide bonds. The fourth-order valence-electron chi connectivity index (χ4n) is 0.853. The summed E-state index contributed by atoms with van der Waals surface area (Å²) < 4.78 is 0. The van der Waals surface area contributed by atoms with E-state index in [1.807, 2.05) is 0 Å². The van der Waals surface area contributed by atoms with Crippen molar-refractivity contribution in [2.75, 3.05) is 6.61 Å². The van der Waals surface area contributed by atoms with Gasteiger partial charge in [0, 0.05) is 11.6 Å². The predicted octanol–water partition coefficient (Wildman–Crippen LogP) is 1.10. The molecule has 0 heterocycles. The summed E-state index contributed by atoms with van der Waals surface area (Å²) in [6.45, 7) is -0.0691. The molecule has 0 aromatic heterocycles. The van der Waals surface area contributed by atoms with Crippen molar-refractivity contribution in [1.29, 1.82) is 0 Å². The molecule has 64 valence electrons. The maximum absolute atomic E-state index is 9.23. The maximum atomic E-state index is 9.23. The molecule has 3 nitrogen and oxygen atoms in total. The smallest absolute Gasteiger partial charge is 0.126 e. The first-order valence-corrected chi connectivity index (χ1v) is 3.53. The first-order chi connectivity index (χ1) is 5.74. The minimum Gasteiger partial charge on any atom is -0.508 e. The molecule has 0 bridgehead atoms. The zero-order valence-electron chi connectivity index (χ0n) is 6.44. The van der Waals surface area contributed by atoms with Gasteiger partial charge in [-0.3, -0.25) is 0 Å². The number of aromatic hydroxyl groups is 2. The van der Waals surface area contributed by atoms with Crippen LogP contribution in [0.4, 0.5) is 0 Å². The second kappa shape index (κ2) is 3.78. The number of hydrogen-bond donors (Lipinski definition) is 3. The van der Waals surface area contributed by atoms with Gasteiger partial charge in [0.15, 0.2) is 0 Å². The van der Waals surface area contributed by atoms with Crippen LogP contribution < -0.4 is 0 Å². The Morgan fingerprint density at radius 1 is 1.25 bits per heavy atom. The summed E-state index contributed by atoms with van der Waals surface area (Å²) in [7, 11) is 0. The molecule has 3 heteroatoms. The summed E-state index contributed by atoms with van der Waals surface area (Å²) in [4.78, 5) is 0. The largest absolute Gasteiger partial charge is 0.508 e. The van der Waals surface area contributed by atoms with E-state index in [1.54, 1.807) is 12.1 Å². The van der Waals surface area contributed by atoms with E-state index in [0.29, 0.717) is 5.56 Å². The van der Waals surface area contributed by atoms with Crippen LogP contribution in [0.3, 0.4) is 0 Å². The van der Waals surface area contributed by atoms with Crippen molar-refractivity contribution in [3.05, 3.63) is 29.8 Å². The lowest BCUT2D eigenvalue weighted by Gasteiger charge is -1.98. The monoisotopic (exact) mass is 166 g/mol. The molecule has 0 unspecified atom stereocenters. The Bertz CT molecular complexity index is 292. The van der Waals surface area contributed by atoms with Crippen LogP contribution in [0.2, 0.25) is 0 Å². The van der Waals surface area contributed by atoms with Crippen LogP contribution in [-0.4, -0.2) is 21.9 Å². The van der Waals surface area contributed by atoms with Gasteiger partial charge in [0.1, 0.15) is 11.5 Å². The van der Waals surface area contributed by atoms with Crippen LogP contribution in [0.25, 0.3) is 6.08 Å². The highest BCUT2D eigenvalue weighted by Crippen LogP contribution is 2.23. The third kappa shape index (κ3) is 2.00. The topological polar surface area (TPSA) is 60.7 Å². The van der Waals surface area contributed by atoms with E-state index >= 15 is 0 Å². The van der Waals surface area contributed by atoms with Gasteiger partial charge in [-0.2, -0.15) is 0 Å². The number of phenolic OH excluding ortho intramolecular Hbond substituents is 2. The second-order valence-corrected chi connectivity index (χ2v) is 2.33. The van der Waals surface area contributed by atoms with Gasteiger partial charge in [-0.05, 0) is 12.1 Å². The van der Waals surface area contributed by atoms with E-state index in [9.17, 15) is 5.11 Å². The van der Waals surface area contributed by atoms with E-state index in [4.69, 9.17) is 10.2 Å². The number of benzene rings is 1. The molecular formula is C9H10O3. The highest BCUT2D eigenvalue weighted by molar-refractivity contribution is 5.58. The number of aliphatic hydroxyl groups excluding tert-OH is 1. The standard InChI is InChI=1S/C9H10O3/c10-5-1-2-7-3-4-8(11)6-9(7)12/h1-4,6,10-12H,5H2/b2-1+. The zero-order valence-corrected chi connectivity index (χ0v) is 6.44. The molecule has 0 saturated heterocycles. The fourth-order valence-corrected chi connectivity index (χ4v) is 0.853. The Kier molecular flexibility index (Phi) is 2.71. The maximum Gasteiger partial charge on any atom is 0.126 e. The van der Waals surface area contributed by atoms with Crippen LogP contribution in [0.1, 0.15) is 5.56 Å². The lowest BCUT2D eigenvalue weighted by Crippen LogP contribution is -1.76. The summed E-state index contributed by atoms with van der Waals surface area (Å²) >= 11 is 0. The molecule has 0 aliphatic heterocycles. The number of hydrogen-bond acceptors (Lipinski definition) is 3. The van der Waals surface area contributed by atoms with E-state index in [2.05, 4.69) is 0 Å². The predicted molar refractivity (Wildman–Crippen MR) is 45.9 cm³/mol. The van der Waals surface area contributed by atoms with Gasteiger partial charge in [0.2, 0.25) is 0 Å². The molecule has 3 N–H and O–H groups in total. The molecular weight excluding hydrogens is 156 g/mol. The summed E-state index contributed by atoms with van der Waals surface area (Å²) in [5.41, 5.74) is 0.571. The molecule has 0 atom stereocenters. The third-order valence-corrected chi connectivity index (χ3v) is 1.42. The van der Waals surface area contributed by atoms with Crippen molar-refractivity contribution in [2.45, 2.75) is 0 Å². The van der Waals surface area contributed by atoms with Crippen LogP contribution in [0, 0.1) is 0 Å². The lowest BCUT2D eigenvalue weighted by molar-refractivity contribution is 0.343. The molecule has 0 fully saturated rings. The Morgan fingerprint density at radius 2 is 2.00 bits per heavy atom. The molecule has 0 aliphatic carbocycles. The summed E-state index contributed by atoms with van der Waals surface area (Å²) in [5, 5.41) is 26.6. The lowest BCUT2D eigenvalue weighted by atomic mass is 10.2. The van der Waals surface area contributed by atoms with Crippen LogP contribution in [0.5, 0.6) is 11.5 Å². The Balaban J connectivity index is 2.94. The summed E-state index contributed by atoms with van der Waals surface area (Å²) in [6, 6.07) is 4.28. The van der Waals surface area contributed by atoms with Gasteiger partial charge in [-0.25, -0.2) is 0 Å². The Morgan fingerprint density at radius 3 is 2.58 bits per heavy atom. The van der Waals surface area contributed by atoms with Crippen molar-refractivity contribution in [3.8, 4) is 11.5 Å². The van der Waals surface area contributed by atoms with Crippen LogP contribution in [-0.2, 0) is 0 Å². The molecule has 1 rings (SSSR count). The number of phenols is 2. The average Bonchev–Trinajstić information content (AvgIpc) is 2.03. The molecule has 12 heavy (non-hydrogen) atoms. The normalized spacial score (nSPS) is 10.8. The van der Waals surface area contributed by atoms with E-state index in [1.165, 1.54) is 18.2 Å². The van der Waals surface area contributed by atoms with E-state index in [0.717, 1.165) is 0 Å². The van der Waals surface area contributed by atoms with Gasteiger partial charge in [-0.15, -0.1) is 0 Å². The van der Waals surface area contributed by atoms with Crippen molar-refractivity contribution in [3.63, 3.8) is 0 Å². The van der Waals surface area contributed by atoms with Gasteiger partial charge < -0.3 is 15.3 Å². The van der Waals surface area contributed by atoms with Crippen molar-refractivity contribution >= 4 is 6.08 Å². The summed E-state index contributed by atoms with van der Waals surface area (Å²) in [6.07, 6.45) is 3.08. The van der Waals surface area contributed by atoms with Crippen molar-refractivity contribution < 1.29 is 15.3 Å². The fraction of sp³-hybridized carbons (Fsp3) is 0.111. The minimum atomic E-state index is -0.0691. The molecule has 1 aromatic rings. The molecule has 0 aliphatic rings. The van der Waals surface area contributed by atoms with Gasteiger partial charge in [-0.1, -0.05) is 12.2 Å². The first kappa shape index (κ1) is 8.62. The van der Waals surface area contributed by atoms with Gasteiger partial charge in [0.05, 0.1) is 6.61 Å². The van der Waals surface area contributed by atoms with Crippen LogP contribution in [0.15, 0.2) is 24.3 Å². The first-order valence-electron chi connectivity index (χ1n) is 3.53. The van der Waals surface area contributed by atoms with E-state index < -0.39 is 0 Å². The van der Waals surface area contributed by atoms with Crippen molar-refractivity contribution in [2.24, 2.45) is 0 Å². The third-order valence-electron chi connectivity index (χ3n) is 1.42. The minimum absolute atomic E-state index is 0.000278. The Labute approximate surface area is 70.2 Å². The SMILES string of the molecule is OC/C=C/c1ccc(O)cc1O. The molecule has 1 aromatic carbocycles. The average molecular weight is 166 g/mol. The molecule has 0 radical (unpaired) electrons. The highest BCUT2D eigenvalue weighted by Gasteiger charge is 1.96. The van der Waals surface area contributed by atoms with Crippen LogP contribution >= 0.6 is 0 Å². The Hall–Kier alpha value is -1.48.